The number of thiocarbonyl (C=S) groups is 1. The van der Waals surface area contributed by atoms with E-state index in [-0.39, 0.29) is 4.58 Å². The SMILES string of the molecule is C=C/C=C\C(=C)C(=S)CSC(S)c1c[nH]c2ccccc12. The van der Waals surface area contributed by atoms with Crippen molar-refractivity contribution >= 4 is 52.4 Å². The Balaban J connectivity index is 2.00. The number of hydrogen-bond acceptors (Lipinski definition) is 3. The van der Waals surface area contributed by atoms with E-state index in [1.165, 1.54) is 10.9 Å². The fourth-order valence-electron chi connectivity index (χ4n) is 1.91. The first-order valence-electron chi connectivity index (χ1n) is 6.50. The number of allylic oxidation sites excluding steroid dienone is 4. The molecule has 1 aromatic heterocycles. The van der Waals surface area contributed by atoms with Crippen LogP contribution in [0.15, 0.2) is 67.4 Å². The number of hydrogen-bond donors (Lipinski definition) is 2. The molecular formula is C17H17NS3. The zero-order valence-corrected chi connectivity index (χ0v) is 14.1. The molecule has 2 rings (SSSR count). The van der Waals surface area contributed by atoms with E-state index in [4.69, 9.17) is 24.8 Å². The molecule has 0 aliphatic heterocycles. The highest BCUT2D eigenvalue weighted by Gasteiger charge is 2.13. The summed E-state index contributed by atoms with van der Waals surface area (Å²) in [4.78, 5) is 4.12. The molecule has 2 aromatic rings. The lowest BCUT2D eigenvalue weighted by atomic mass is 10.2. The predicted molar refractivity (Wildman–Crippen MR) is 104 cm³/mol. The molecule has 1 N–H and O–H groups in total. The molecule has 0 bridgehead atoms. The third-order valence-electron chi connectivity index (χ3n) is 3.05. The van der Waals surface area contributed by atoms with Crippen LogP contribution in [0.4, 0.5) is 0 Å². The van der Waals surface area contributed by atoms with Gasteiger partial charge < -0.3 is 4.98 Å². The number of nitrogens with one attached hydrogen (secondary N) is 1. The van der Waals surface area contributed by atoms with E-state index in [9.17, 15) is 0 Å². The lowest BCUT2D eigenvalue weighted by Crippen LogP contribution is -2.01. The van der Waals surface area contributed by atoms with Crippen LogP contribution in [0, 0.1) is 0 Å². The molecule has 1 unspecified atom stereocenters. The molecule has 108 valence electrons. The Kier molecular flexibility index (Phi) is 5.91. The standard InChI is InChI=1S/C17H17NS3/c1-3-4-7-12(2)16(19)11-21-17(20)14-10-18-15-9-6-5-8-13(14)15/h3-10,17-18,20H,1-2,11H2/b7-4-. The molecule has 0 saturated carbocycles. The molecule has 0 amide bonds. The number of benzene rings is 1. The molecule has 1 heterocycles. The normalized spacial score (nSPS) is 12.6. The summed E-state index contributed by atoms with van der Waals surface area (Å²) in [5.74, 6) is 0.726. The Morgan fingerprint density at radius 2 is 2.19 bits per heavy atom. The summed E-state index contributed by atoms with van der Waals surface area (Å²) >= 11 is 11.8. The van der Waals surface area contributed by atoms with Crippen molar-refractivity contribution in [2.75, 3.05) is 5.75 Å². The molecule has 21 heavy (non-hydrogen) atoms. The minimum atomic E-state index is 0.0790. The van der Waals surface area contributed by atoms with Gasteiger partial charge in [-0.05, 0) is 11.6 Å². The molecule has 1 atom stereocenters. The van der Waals surface area contributed by atoms with Gasteiger partial charge in [0.15, 0.2) is 0 Å². The lowest BCUT2D eigenvalue weighted by Gasteiger charge is -2.10. The van der Waals surface area contributed by atoms with Gasteiger partial charge in [-0.1, -0.05) is 61.8 Å². The van der Waals surface area contributed by atoms with E-state index in [0.29, 0.717) is 0 Å². The van der Waals surface area contributed by atoms with Crippen LogP contribution < -0.4 is 0 Å². The van der Waals surface area contributed by atoms with Gasteiger partial charge >= 0.3 is 0 Å². The Labute approximate surface area is 140 Å². The number of fused-ring (bicyclic) bond motifs is 1. The number of H-pyrrole nitrogens is 1. The van der Waals surface area contributed by atoms with Crippen LogP contribution in [0.3, 0.4) is 0 Å². The average Bonchev–Trinajstić information content (AvgIpc) is 2.93. The maximum Gasteiger partial charge on any atom is 0.0745 e. The first-order valence-corrected chi connectivity index (χ1v) is 8.47. The van der Waals surface area contributed by atoms with E-state index in [1.807, 2.05) is 30.5 Å². The van der Waals surface area contributed by atoms with Gasteiger partial charge in [0, 0.05) is 33.3 Å². The molecule has 0 radical (unpaired) electrons. The van der Waals surface area contributed by atoms with Crippen molar-refractivity contribution in [3.63, 3.8) is 0 Å². The predicted octanol–water partition coefficient (Wildman–Crippen LogP) is 5.50. The smallest absolute Gasteiger partial charge is 0.0745 e. The Morgan fingerprint density at radius 1 is 1.43 bits per heavy atom. The van der Waals surface area contributed by atoms with Crippen molar-refractivity contribution in [2.24, 2.45) is 0 Å². The van der Waals surface area contributed by atoms with Gasteiger partial charge in [0.25, 0.3) is 0 Å². The number of rotatable bonds is 7. The summed E-state index contributed by atoms with van der Waals surface area (Å²) in [6.45, 7) is 7.60. The van der Waals surface area contributed by atoms with Crippen molar-refractivity contribution in [1.82, 2.24) is 4.98 Å². The zero-order chi connectivity index (χ0) is 15.2. The van der Waals surface area contributed by atoms with E-state index in [1.54, 1.807) is 17.8 Å². The van der Waals surface area contributed by atoms with Gasteiger partial charge in [0.1, 0.15) is 0 Å². The molecule has 1 nitrogen and oxygen atoms in total. The van der Waals surface area contributed by atoms with Crippen molar-refractivity contribution in [1.29, 1.82) is 0 Å². The average molecular weight is 332 g/mol. The molecule has 0 saturated heterocycles. The molecule has 0 aliphatic rings. The zero-order valence-electron chi connectivity index (χ0n) is 11.6. The minimum Gasteiger partial charge on any atom is -0.361 e. The quantitative estimate of drug-likeness (QED) is 0.229. The second-order valence-electron chi connectivity index (χ2n) is 4.50. The molecule has 4 heteroatoms. The van der Waals surface area contributed by atoms with Crippen LogP contribution in [-0.4, -0.2) is 15.6 Å². The number of aromatic nitrogens is 1. The van der Waals surface area contributed by atoms with Gasteiger partial charge in [-0.3, -0.25) is 0 Å². The van der Waals surface area contributed by atoms with Crippen molar-refractivity contribution in [2.45, 2.75) is 4.58 Å². The van der Waals surface area contributed by atoms with Gasteiger partial charge in [-0.2, -0.15) is 12.6 Å². The van der Waals surface area contributed by atoms with Crippen molar-refractivity contribution < 1.29 is 0 Å². The molecular weight excluding hydrogens is 314 g/mol. The van der Waals surface area contributed by atoms with Crippen LogP contribution in [-0.2, 0) is 0 Å². The molecule has 0 aliphatic carbocycles. The van der Waals surface area contributed by atoms with Gasteiger partial charge in [0.05, 0.1) is 4.58 Å². The topological polar surface area (TPSA) is 15.8 Å². The highest BCUT2D eigenvalue weighted by molar-refractivity contribution is 8.10. The summed E-state index contributed by atoms with van der Waals surface area (Å²) in [5.41, 5.74) is 3.18. The largest absolute Gasteiger partial charge is 0.361 e. The molecule has 1 aromatic carbocycles. The van der Waals surface area contributed by atoms with E-state index in [0.717, 1.165) is 21.7 Å². The monoisotopic (exact) mass is 331 g/mol. The molecule has 0 fully saturated rings. The maximum atomic E-state index is 5.39. The van der Waals surface area contributed by atoms with E-state index < -0.39 is 0 Å². The van der Waals surface area contributed by atoms with E-state index in [2.05, 4.69) is 30.3 Å². The number of thioether (sulfide) groups is 1. The number of aromatic amines is 1. The van der Waals surface area contributed by atoms with Crippen LogP contribution in [0.5, 0.6) is 0 Å². The highest BCUT2D eigenvalue weighted by atomic mass is 32.2. The summed E-state index contributed by atoms with van der Waals surface area (Å²) < 4.78 is 0.0790. The van der Waals surface area contributed by atoms with Crippen LogP contribution >= 0.6 is 36.6 Å². The highest BCUT2D eigenvalue weighted by Crippen LogP contribution is 2.37. The second-order valence-corrected chi connectivity index (χ2v) is 6.95. The second kappa shape index (κ2) is 7.69. The maximum absolute atomic E-state index is 5.39. The minimum absolute atomic E-state index is 0.0790. The third kappa shape index (κ3) is 4.13. The number of thiol groups is 1. The molecule has 0 spiro atoms. The van der Waals surface area contributed by atoms with Gasteiger partial charge in [-0.25, -0.2) is 0 Å². The Bertz CT molecular complexity index is 697. The van der Waals surface area contributed by atoms with Gasteiger partial charge in [0.2, 0.25) is 0 Å². The van der Waals surface area contributed by atoms with Crippen LogP contribution in [0.2, 0.25) is 0 Å². The Hall–Kier alpha value is -1.23. The fourth-order valence-corrected chi connectivity index (χ4v) is 3.49. The first-order chi connectivity index (χ1) is 10.1. The van der Waals surface area contributed by atoms with E-state index >= 15 is 0 Å². The fraction of sp³-hybridized carbons (Fsp3) is 0.118. The first kappa shape index (κ1) is 16.1. The van der Waals surface area contributed by atoms with Crippen LogP contribution in [0.1, 0.15) is 10.1 Å². The van der Waals surface area contributed by atoms with Crippen molar-refractivity contribution in [3.05, 3.63) is 73.0 Å². The lowest BCUT2D eigenvalue weighted by molar-refractivity contribution is 1.38. The summed E-state index contributed by atoms with van der Waals surface area (Å²) in [6.07, 6.45) is 7.46. The van der Waals surface area contributed by atoms with Gasteiger partial charge in [-0.15, -0.1) is 11.8 Å². The summed E-state index contributed by atoms with van der Waals surface area (Å²) in [7, 11) is 0. The van der Waals surface area contributed by atoms with Crippen LogP contribution in [0.25, 0.3) is 10.9 Å². The summed E-state index contributed by atoms with van der Waals surface area (Å²) in [6, 6.07) is 8.23. The summed E-state index contributed by atoms with van der Waals surface area (Å²) in [5, 5.41) is 1.21. The Morgan fingerprint density at radius 3 is 2.95 bits per heavy atom. The third-order valence-corrected chi connectivity index (χ3v) is 5.39. The van der Waals surface area contributed by atoms with Crippen molar-refractivity contribution in [3.8, 4) is 0 Å². The number of para-hydroxylation sites is 1.